The van der Waals surface area contributed by atoms with Crippen LogP contribution in [0.5, 0.6) is 11.5 Å². The average molecular weight is 323 g/mol. The Morgan fingerprint density at radius 3 is 2.52 bits per heavy atom. The molecule has 1 rings (SSSR count). The molecule has 0 aliphatic rings. The van der Waals surface area contributed by atoms with Gasteiger partial charge in [0.15, 0.2) is 0 Å². The van der Waals surface area contributed by atoms with E-state index in [2.05, 4.69) is 5.32 Å². The number of aliphatic hydroxyl groups excluding tert-OH is 1. The number of ether oxygens (including phenoxy) is 2. The third kappa shape index (κ3) is 5.84. The molecule has 0 unspecified atom stereocenters. The topological polar surface area (TPSA) is 67.8 Å². The summed E-state index contributed by atoms with van der Waals surface area (Å²) in [6.07, 6.45) is 0.187. The Morgan fingerprint density at radius 2 is 2.00 bits per heavy atom. The van der Waals surface area contributed by atoms with Gasteiger partial charge in [-0.2, -0.15) is 0 Å². The van der Waals surface area contributed by atoms with Gasteiger partial charge in [0.25, 0.3) is 0 Å². The Balaban J connectivity index is 2.88. The summed E-state index contributed by atoms with van der Waals surface area (Å²) in [6.45, 7) is 12.0. The van der Waals surface area contributed by atoms with Crippen molar-refractivity contribution in [2.24, 2.45) is 0 Å². The molecular formula is C18H29NO4. The SMILES string of the molecule is CCc1c(OC[C@@H](O)CNC(C)C)cc(C)c(OC(C)=O)c1C. The van der Waals surface area contributed by atoms with Crippen molar-refractivity contribution >= 4 is 5.97 Å². The van der Waals surface area contributed by atoms with Gasteiger partial charge in [-0.3, -0.25) is 4.79 Å². The van der Waals surface area contributed by atoms with E-state index in [0.29, 0.717) is 18.3 Å². The minimum atomic E-state index is -0.573. The summed E-state index contributed by atoms with van der Waals surface area (Å²) in [7, 11) is 0. The minimum Gasteiger partial charge on any atom is -0.491 e. The van der Waals surface area contributed by atoms with Crippen LogP contribution >= 0.6 is 0 Å². The maximum Gasteiger partial charge on any atom is 0.308 e. The first-order valence-electron chi connectivity index (χ1n) is 8.11. The molecule has 0 aromatic heterocycles. The molecule has 2 N–H and O–H groups in total. The first-order valence-corrected chi connectivity index (χ1v) is 8.11. The highest BCUT2D eigenvalue weighted by atomic mass is 16.5. The fourth-order valence-corrected chi connectivity index (χ4v) is 2.45. The van der Waals surface area contributed by atoms with Gasteiger partial charge >= 0.3 is 5.97 Å². The third-order valence-corrected chi connectivity index (χ3v) is 3.59. The van der Waals surface area contributed by atoms with E-state index in [1.54, 1.807) is 0 Å². The summed E-state index contributed by atoms with van der Waals surface area (Å²) in [4.78, 5) is 11.3. The van der Waals surface area contributed by atoms with Gasteiger partial charge in [0.2, 0.25) is 0 Å². The largest absolute Gasteiger partial charge is 0.491 e. The maximum absolute atomic E-state index is 11.3. The molecule has 1 atom stereocenters. The van der Waals surface area contributed by atoms with Gasteiger partial charge in [0, 0.05) is 25.1 Å². The van der Waals surface area contributed by atoms with Crippen LogP contribution in [0.4, 0.5) is 0 Å². The van der Waals surface area contributed by atoms with Gasteiger partial charge in [0.1, 0.15) is 24.2 Å². The summed E-state index contributed by atoms with van der Waals surface area (Å²) in [5.74, 6) is 1.01. The molecule has 0 aliphatic heterocycles. The van der Waals surface area contributed by atoms with Crippen LogP contribution in [0.3, 0.4) is 0 Å². The average Bonchev–Trinajstić information content (AvgIpc) is 2.46. The summed E-state index contributed by atoms with van der Waals surface area (Å²) in [5.41, 5.74) is 2.75. The second-order valence-corrected chi connectivity index (χ2v) is 6.10. The smallest absolute Gasteiger partial charge is 0.308 e. The van der Waals surface area contributed by atoms with Crippen LogP contribution in [0, 0.1) is 13.8 Å². The number of aliphatic hydroxyl groups is 1. The van der Waals surface area contributed by atoms with E-state index >= 15 is 0 Å². The molecule has 5 heteroatoms. The van der Waals surface area contributed by atoms with Gasteiger partial charge < -0.3 is 19.9 Å². The standard InChI is InChI=1S/C18H29NO4/c1-7-16-13(5)18(23-14(6)20)12(4)8-17(16)22-10-15(21)9-19-11(2)3/h8,11,15,19,21H,7,9-10H2,1-6H3/t15-/m0/s1. The monoisotopic (exact) mass is 323 g/mol. The molecule has 0 radical (unpaired) electrons. The molecule has 0 aliphatic carbocycles. The molecule has 0 bridgehead atoms. The third-order valence-electron chi connectivity index (χ3n) is 3.59. The van der Waals surface area contributed by atoms with Crippen LogP contribution in [0.25, 0.3) is 0 Å². The number of esters is 1. The van der Waals surface area contributed by atoms with Crippen molar-refractivity contribution in [3.05, 3.63) is 22.8 Å². The van der Waals surface area contributed by atoms with Crippen LogP contribution in [0.1, 0.15) is 44.4 Å². The number of benzene rings is 1. The molecule has 0 saturated carbocycles. The second-order valence-electron chi connectivity index (χ2n) is 6.10. The second kappa shape index (κ2) is 8.89. The van der Waals surface area contributed by atoms with Crippen LogP contribution in [0.2, 0.25) is 0 Å². The van der Waals surface area contributed by atoms with E-state index in [9.17, 15) is 9.90 Å². The molecule has 0 spiro atoms. The highest BCUT2D eigenvalue weighted by Gasteiger charge is 2.16. The van der Waals surface area contributed by atoms with Gasteiger partial charge in [-0.05, 0) is 37.5 Å². The van der Waals surface area contributed by atoms with Crippen molar-refractivity contribution < 1.29 is 19.4 Å². The van der Waals surface area contributed by atoms with Crippen LogP contribution < -0.4 is 14.8 Å². The van der Waals surface area contributed by atoms with Crippen molar-refractivity contribution in [2.45, 2.75) is 60.1 Å². The summed E-state index contributed by atoms with van der Waals surface area (Å²) < 4.78 is 11.1. The van der Waals surface area contributed by atoms with Crippen molar-refractivity contribution in [3.8, 4) is 11.5 Å². The molecule has 23 heavy (non-hydrogen) atoms. The first kappa shape index (κ1) is 19.5. The summed E-state index contributed by atoms with van der Waals surface area (Å²) in [5, 5.41) is 13.2. The van der Waals surface area contributed by atoms with E-state index in [4.69, 9.17) is 9.47 Å². The lowest BCUT2D eigenvalue weighted by molar-refractivity contribution is -0.131. The van der Waals surface area contributed by atoms with E-state index < -0.39 is 6.10 Å². The highest BCUT2D eigenvalue weighted by Crippen LogP contribution is 2.34. The maximum atomic E-state index is 11.3. The zero-order valence-electron chi connectivity index (χ0n) is 15.0. The molecule has 0 saturated heterocycles. The number of rotatable bonds is 8. The Labute approximate surface area is 139 Å². The van der Waals surface area contributed by atoms with Crippen molar-refractivity contribution in [3.63, 3.8) is 0 Å². The van der Waals surface area contributed by atoms with Crippen molar-refractivity contribution in [1.82, 2.24) is 5.32 Å². The Kier molecular flexibility index (Phi) is 7.52. The molecule has 5 nitrogen and oxygen atoms in total. The molecule has 130 valence electrons. The van der Waals surface area contributed by atoms with Gasteiger partial charge in [-0.1, -0.05) is 20.8 Å². The first-order chi connectivity index (χ1) is 10.8. The number of hydrogen-bond acceptors (Lipinski definition) is 5. The predicted octanol–water partition coefficient (Wildman–Crippen LogP) is 2.53. The van der Waals surface area contributed by atoms with Gasteiger partial charge in [-0.15, -0.1) is 0 Å². The molecular weight excluding hydrogens is 294 g/mol. The zero-order valence-corrected chi connectivity index (χ0v) is 15.0. The van der Waals surface area contributed by atoms with E-state index in [1.807, 2.05) is 40.7 Å². The van der Waals surface area contributed by atoms with Crippen molar-refractivity contribution in [2.75, 3.05) is 13.2 Å². The number of hydrogen-bond donors (Lipinski definition) is 2. The minimum absolute atomic E-state index is 0.221. The van der Waals surface area contributed by atoms with E-state index in [0.717, 1.165) is 28.9 Å². The van der Waals surface area contributed by atoms with Crippen LogP contribution in [-0.4, -0.2) is 36.4 Å². The Morgan fingerprint density at radius 1 is 1.35 bits per heavy atom. The summed E-state index contributed by atoms with van der Waals surface area (Å²) >= 11 is 0. The summed E-state index contributed by atoms with van der Waals surface area (Å²) in [6, 6.07) is 2.19. The molecule has 1 aromatic rings. The number of carbonyl (C=O) groups excluding carboxylic acids is 1. The number of carbonyl (C=O) groups is 1. The molecule has 0 heterocycles. The molecule has 1 aromatic carbocycles. The van der Waals surface area contributed by atoms with E-state index in [1.165, 1.54) is 6.92 Å². The lowest BCUT2D eigenvalue weighted by atomic mass is 10.0. The fourth-order valence-electron chi connectivity index (χ4n) is 2.45. The lowest BCUT2D eigenvalue weighted by Crippen LogP contribution is -2.35. The molecule has 0 fully saturated rings. The Hall–Kier alpha value is -1.59. The van der Waals surface area contributed by atoms with Gasteiger partial charge in [0.05, 0.1) is 0 Å². The van der Waals surface area contributed by atoms with E-state index in [-0.39, 0.29) is 12.6 Å². The number of nitrogens with one attached hydrogen (secondary N) is 1. The predicted molar refractivity (Wildman–Crippen MR) is 91.2 cm³/mol. The lowest BCUT2D eigenvalue weighted by Gasteiger charge is -2.20. The Bertz CT molecular complexity index is 540. The zero-order chi connectivity index (χ0) is 17.6. The normalized spacial score (nSPS) is 12.3. The van der Waals surface area contributed by atoms with Gasteiger partial charge in [-0.25, -0.2) is 0 Å². The van der Waals surface area contributed by atoms with Crippen LogP contribution in [0.15, 0.2) is 6.07 Å². The van der Waals surface area contributed by atoms with Crippen LogP contribution in [-0.2, 0) is 11.2 Å². The highest BCUT2D eigenvalue weighted by molar-refractivity contribution is 5.71. The quantitative estimate of drug-likeness (QED) is 0.568. The van der Waals surface area contributed by atoms with Crippen molar-refractivity contribution in [1.29, 1.82) is 0 Å². The fraction of sp³-hybridized carbons (Fsp3) is 0.611. The number of aryl methyl sites for hydroxylation is 1. The molecule has 0 amide bonds.